The molecule has 1 atom stereocenters. The van der Waals surface area contributed by atoms with E-state index in [1.165, 1.54) is 0 Å². The fourth-order valence-electron chi connectivity index (χ4n) is 1.65. The van der Waals surface area contributed by atoms with Gasteiger partial charge in [0.05, 0.1) is 6.04 Å². The molecule has 0 aliphatic rings. The van der Waals surface area contributed by atoms with Crippen LogP contribution >= 0.6 is 0 Å². The predicted octanol–water partition coefficient (Wildman–Crippen LogP) is 1.13. The van der Waals surface area contributed by atoms with Gasteiger partial charge in [0.15, 0.2) is 5.82 Å². The van der Waals surface area contributed by atoms with Crippen LogP contribution in [-0.2, 0) is 5.54 Å². The summed E-state index contributed by atoms with van der Waals surface area (Å²) in [6, 6.07) is -0.173. The van der Waals surface area contributed by atoms with Gasteiger partial charge >= 0.3 is 5.69 Å². The molecule has 5 nitrogen and oxygen atoms in total. The molecular weight excluding hydrogens is 192 g/mol. The molecule has 15 heavy (non-hydrogen) atoms. The Kier molecular flexibility index (Phi) is 3.34. The van der Waals surface area contributed by atoms with Crippen LogP contribution in [-0.4, -0.2) is 14.8 Å². The summed E-state index contributed by atoms with van der Waals surface area (Å²) in [6.07, 6.45) is 1.81. The zero-order chi connectivity index (χ0) is 11.6. The topological polar surface area (TPSA) is 76.7 Å². The van der Waals surface area contributed by atoms with E-state index in [1.807, 2.05) is 20.8 Å². The van der Waals surface area contributed by atoms with Gasteiger partial charge in [0.2, 0.25) is 0 Å². The molecular formula is C10H20N4O. The predicted molar refractivity (Wildman–Crippen MR) is 59.7 cm³/mol. The van der Waals surface area contributed by atoms with Gasteiger partial charge in [-0.3, -0.25) is 4.57 Å². The molecule has 0 aliphatic heterocycles. The number of rotatable bonds is 3. The number of nitrogens with zero attached hydrogens (tertiary/aromatic N) is 2. The molecule has 0 bridgehead atoms. The summed E-state index contributed by atoms with van der Waals surface area (Å²) in [5.41, 5.74) is 5.50. The summed E-state index contributed by atoms with van der Waals surface area (Å²) in [5.74, 6) is 0.648. The summed E-state index contributed by atoms with van der Waals surface area (Å²) in [5, 5.41) is 6.46. The van der Waals surface area contributed by atoms with Crippen molar-refractivity contribution in [2.45, 2.75) is 52.1 Å². The maximum Gasteiger partial charge on any atom is 0.343 e. The Hall–Kier alpha value is -1.10. The van der Waals surface area contributed by atoms with Crippen molar-refractivity contribution in [1.82, 2.24) is 14.8 Å². The molecule has 0 amide bonds. The Bertz CT molecular complexity index is 372. The highest BCUT2D eigenvalue weighted by molar-refractivity contribution is 4.98. The van der Waals surface area contributed by atoms with Crippen molar-refractivity contribution in [1.29, 1.82) is 0 Å². The highest BCUT2D eigenvalue weighted by Crippen LogP contribution is 2.18. The van der Waals surface area contributed by atoms with E-state index in [0.29, 0.717) is 5.82 Å². The summed E-state index contributed by atoms with van der Waals surface area (Å²) in [4.78, 5) is 11.6. The average molecular weight is 212 g/mol. The van der Waals surface area contributed by atoms with E-state index in [9.17, 15) is 4.79 Å². The normalized spacial score (nSPS) is 14.2. The second-order valence-electron chi connectivity index (χ2n) is 4.79. The summed E-state index contributed by atoms with van der Waals surface area (Å²) in [6.45, 7) is 7.95. The van der Waals surface area contributed by atoms with Gasteiger partial charge in [-0.1, -0.05) is 13.3 Å². The first-order valence-electron chi connectivity index (χ1n) is 5.31. The van der Waals surface area contributed by atoms with Crippen molar-refractivity contribution >= 4 is 0 Å². The van der Waals surface area contributed by atoms with E-state index in [2.05, 4.69) is 17.1 Å². The molecule has 0 saturated heterocycles. The highest BCUT2D eigenvalue weighted by Gasteiger charge is 2.23. The largest absolute Gasteiger partial charge is 0.343 e. The third-order valence-electron chi connectivity index (χ3n) is 2.30. The van der Waals surface area contributed by atoms with E-state index in [0.717, 1.165) is 12.8 Å². The molecule has 1 aromatic rings. The lowest BCUT2D eigenvalue weighted by Gasteiger charge is -2.23. The van der Waals surface area contributed by atoms with E-state index >= 15 is 0 Å². The molecule has 0 radical (unpaired) electrons. The van der Waals surface area contributed by atoms with E-state index in [-0.39, 0.29) is 17.3 Å². The van der Waals surface area contributed by atoms with Crippen molar-refractivity contribution in [3.63, 3.8) is 0 Å². The Labute approximate surface area is 89.7 Å². The molecule has 0 aromatic carbocycles. The molecule has 0 spiro atoms. The van der Waals surface area contributed by atoms with Gasteiger partial charge < -0.3 is 5.73 Å². The number of H-pyrrole nitrogens is 1. The van der Waals surface area contributed by atoms with Gasteiger partial charge in [-0.25, -0.2) is 9.89 Å². The van der Waals surface area contributed by atoms with E-state index < -0.39 is 0 Å². The van der Waals surface area contributed by atoms with Crippen molar-refractivity contribution in [2.24, 2.45) is 5.73 Å². The average Bonchev–Trinajstić information content (AvgIpc) is 2.46. The standard InChI is InChI=1S/C10H20N4O/c1-5-6-7(11)8-12-13-9(15)14(8)10(2,3)4/h7H,5-6,11H2,1-4H3,(H,13,15). The molecule has 1 rings (SSSR count). The molecule has 86 valence electrons. The van der Waals surface area contributed by atoms with Crippen LogP contribution in [0.1, 0.15) is 52.4 Å². The van der Waals surface area contributed by atoms with Crippen LogP contribution in [0.4, 0.5) is 0 Å². The van der Waals surface area contributed by atoms with Crippen LogP contribution in [0.2, 0.25) is 0 Å². The molecule has 0 aliphatic carbocycles. The quantitative estimate of drug-likeness (QED) is 0.788. The highest BCUT2D eigenvalue weighted by atomic mass is 16.1. The van der Waals surface area contributed by atoms with Crippen LogP contribution in [0.3, 0.4) is 0 Å². The summed E-state index contributed by atoms with van der Waals surface area (Å²) >= 11 is 0. The fourth-order valence-corrected chi connectivity index (χ4v) is 1.65. The molecule has 1 unspecified atom stereocenters. The van der Waals surface area contributed by atoms with Gasteiger partial charge in [-0.05, 0) is 27.2 Å². The zero-order valence-corrected chi connectivity index (χ0v) is 9.87. The lowest BCUT2D eigenvalue weighted by atomic mass is 10.1. The maximum absolute atomic E-state index is 11.6. The van der Waals surface area contributed by atoms with Gasteiger partial charge in [0.1, 0.15) is 0 Å². The second kappa shape index (κ2) is 4.18. The van der Waals surface area contributed by atoms with Gasteiger partial charge in [0.25, 0.3) is 0 Å². The van der Waals surface area contributed by atoms with Gasteiger partial charge in [-0.2, -0.15) is 5.10 Å². The van der Waals surface area contributed by atoms with Crippen molar-refractivity contribution in [2.75, 3.05) is 0 Å². The molecule has 1 aromatic heterocycles. The van der Waals surface area contributed by atoms with Gasteiger partial charge in [0, 0.05) is 5.54 Å². The Morgan fingerprint density at radius 1 is 1.53 bits per heavy atom. The third-order valence-corrected chi connectivity index (χ3v) is 2.30. The molecule has 0 fully saturated rings. The fraction of sp³-hybridized carbons (Fsp3) is 0.800. The Balaban J connectivity index is 3.15. The first-order valence-corrected chi connectivity index (χ1v) is 5.31. The van der Waals surface area contributed by atoms with Crippen LogP contribution in [0.25, 0.3) is 0 Å². The smallest absolute Gasteiger partial charge is 0.321 e. The van der Waals surface area contributed by atoms with Gasteiger partial charge in [-0.15, -0.1) is 0 Å². The number of aromatic amines is 1. The van der Waals surface area contributed by atoms with Crippen molar-refractivity contribution in [3.8, 4) is 0 Å². The van der Waals surface area contributed by atoms with Crippen LogP contribution in [0, 0.1) is 0 Å². The first kappa shape index (κ1) is 12.0. The number of nitrogens with one attached hydrogen (secondary N) is 1. The molecule has 3 N–H and O–H groups in total. The second-order valence-corrected chi connectivity index (χ2v) is 4.79. The van der Waals surface area contributed by atoms with Crippen molar-refractivity contribution in [3.05, 3.63) is 16.3 Å². The minimum absolute atomic E-state index is 0.173. The number of hydrogen-bond donors (Lipinski definition) is 2. The van der Waals surface area contributed by atoms with Crippen LogP contribution in [0.5, 0.6) is 0 Å². The summed E-state index contributed by atoms with van der Waals surface area (Å²) in [7, 11) is 0. The third kappa shape index (κ3) is 2.47. The Morgan fingerprint density at radius 2 is 2.13 bits per heavy atom. The number of hydrogen-bond acceptors (Lipinski definition) is 3. The number of nitrogens with two attached hydrogens (primary N) is 1. The minimum atomic E-state index is -0.287. The molecule has 0 saturated carbocycles. The first-order chi connectivity index (χ1) is 6.88. The molecule has 1 heterocycles. The lowest BCUT2D eigenvalue weighted by Crippen LogP contribution is -2.35. The van der Waals surface area contributed by atoms with Crippen molar-refractivity contribution < 1.29 is 0 Å². The monoisotopic (exact) mass is 212 g/mol. The SMILES string of the molecule is CCCC(N)c1n[nH]c(=O)n1C(C)(C)C. The number of aromatic nitrogens is 3. The lowest BCUT2D eigenvalue weighted by molar-refractivity contribution is 0.359. The zero-order valence-electron chi connectivity index (χ0n) is 9.87. The molecule has 5 heteroatoms. The summed E-state index contributed by atoms with van der Waals surface area (Å²) < 4.78 is 1.63. The van der Waals surface area contributed by atoms with E-state index in [4.69, 9.17) is 5.73 Å². The van der Waals surface area contributed by atoms with Crippen LogP contribution in [0.15, 0.2) is 4.79 Å². The maximum atomic E-state index is 11.6. The minimum Gasteiger partial charge on any atom is -0.321 e. The Morgan fingerprint density at radius 3 is 2.60 bits per heavy atom. The van der Waals surface area contributed by atoms with Crippen LogP contribution < -0.4 is 11.4 Å². The van der Waals surface area contributed by atoms with E-state index in [1.54, 1.807) is 4.57 Å².